The highest BCUT2D eigenvalue weighted by molar-refractivity contribution is 14.1. The number of halogens is 1. The van der Waals surface area contributed by atoms with Crippen LogP contribution < -0.4 is 4.74 Å². The predicted molar refractivity (Wildman–Crippen MR) is 60.6 cm³/mol. The molecule has 0 unspecified atom stereocenters. The third kappa shape index (κ3) is 1.87. The molecular weight excluding hydrogens is 293 g/mol. The van der Waals surface area contributed by atoms with Crippen molar-refractivity contribution >= 4 is 22.6 Å². The number of hydrogen-bond donors (Lipinski definition) is 0. The Balaban J connectivity index is 2.41. The Labute approximate surface area is 95.1 Å². The van der Waals surface area contributed by atoms with E-state index in [1.54, 1.807) is 18.0 Å². The molecule has 0 saturated carbocycles. The highest BCUT2D eigenvalue weighted by atomic mass is 127. The smallest absolute Gasteiger partial charge is 0.215 e. The highest BCUT2D eigenvalue weighted by Gasteiger charge is 2.00. The van der Waals surface area contributed by atoms with Gasteiger partial charge in [-0.15, -0.1) is 0 Å². The summed E-state index contributed by atoms with van der Waals surface area (Å²) in [5, 5.41) is 4.28. The summed E-state index contributed by atoms with van der Waals surface area (Å²) in [4.78, 5) is 4.02. The lowest BCUT2D eigenvalue weighted by Crippen LogP contribution is -1.96. The largest absolute Gasteiger partial charge is 0.481 e. The van der Waals surface area contributed by atoms with Crippen molar-refractivity contribution in [2.45, 2.75) is 0 Å². The van der Waals surface area contributed by atoms with E-state index in [1.165, 1.54) is 0 Å². The summed E-state index contributed by atoms with van der Waals surface area (Å²) in [6.07, 6.45) is 3.60. The van der Waals surface area contributed by atoms with Gasteiger partial charge < -0.3 is 4.74 Å². The van der Waals surface area contributed by atoms with Crippen LogP contribution in [-0.2, 0) is 0 Å². The van der Waals surface area contributed by atoms with Crippen molar-refractivity contribution in [3.8, 4) is 11.6 Å². The molecule has 0 aliphatic heterocycles. The lowest BCUT2D eigenvalue weighted by molar-refractivity contribution is 0.397. The van der Waals surface area contributed by atoms with Crippen LogP contribution >= 0.6 is 22.6 Å². The predicted octanol–water partition coefficient (Wildman–Crippen LogP) is 1.88. The van der Waals surface area contributed by atoms with Gasteiger partial charge in [0.05, 0.1) is 12.8 Å². The van der Waals surface area contributed by atoms with Gasteiger partial charge in [0.15, 0.2) is 0 Å². The van der Waals surface area contributed by atoms with E-state index in [4.69, 9.17) is 4.74 Å². The number of nitrogens with zero attached hydrogens (tertiary/aromatic N) is 3. The van der Waals surface area contributed by atoms with Crippen molar-refractivity contribution in [1.29, 1.82) is 0 Å². The zero-order valence-electron chi connectivity index (χ0n) is 7.51. The molecule has 0 N–H and O–H groups in total. The van der Waals surface area contributed by atoms with Gasteiger partial charge in [-0.05, 0) is 34.7 Å². The van der Waals surface area contributed by atoms with E-state index >= 15 is 0 Å². The van der Waals surface area contributed by atoms with Crippen molar-refractivity contribution in [1.82, 2.24) is 14.8 Å². The summed E-state index contributed by atoms with van der Waals surface area (Å²) in [6, 6.07) is 5.65. The quantitative estimate of drug-likeness (QED) is 0.795. The van der Waals surface area contributed by atoms with Crippen molar-refractivity contribution < 1.29 is 4.74 Å². The van der Waals surface area contributed by atoms with E-state index in [-0.39, 0.29) is 0 Å². The Morgan fingerprint density at radius 2 is 2.29 bits per heavy atom. The third-order valence-electron chi connectivity index (χ3n) is 1.75. The molecule has 0 fully saturated rings. The summed E-state index contributed by atoms with van der Waals surface area (Å²) in [5.41, 5.74) is 0.944. The van der Waals surface area contributed by atoms with Crippen LogP contribution in [0.1, 0.15) is 0 Å². The molecule has 4 nitrogen and oxygen atoms in total. The van der Waals surface area contributed by atoms with Gasteiger partial charge in [-0.25, -0.2) is 9.67 Å². The summed E-state index contributed by atoms with van der Waals surface area (Å²) < 4.78 is 7.77. The van der Waals surface area contributed by atoms with Crippen molar-refractivity contribution in [3.63, 3.8) is 0 Å². The highest BCUT2D eigenvalue weighted by Crippen LogP contribution is 2.13. The maximum atomic E-state index is 5.03. The molecule has 72 valence electrons. The van der Waals surface area contributed by atoms with Crippen LogP contribution in [0.2, 0.25) is 0 Å². The first-order valence-corrected chi connectivity index (χ1v) is 5.09. The third-order valence-corrected chi connectivity index (χ3v) is 2.32. The van der Waals surface area contributed by atoms with Gasteiger partial charge in [-0.1, -0.05) is 0 Å². The number of rotatable bonds is 2. The summed E-state index contributed by atoms with van der Waals surface area (Å²) in [5.74, 6) is 0.591. The molecule has 0 atom stereocenters. The van der Waals surface area contributed by atoms with Gasteiger partial charge in [0.25, 0.3) is 0 Å². The molecule has 0 aliphatic rings. The first kappa shape index (κ1) is 9.45. The number of methoxy groups -OCH3 is 1. The van der Waals surface area contributed by atoms with E-state index in [9.17, 15) is 0 Å². The molecule has 5 heteroatoms. The normalized spacial score (nSPS) is 10.1. The van der Waals surface area contributed by atoms with Gasteiger partial charge in [-0.3, -0.25) is 0 Å². The molecule has 0 aliphatic carbocycles. The molecule has 0 spiro atoms. The first-order chi connectivity index (χ1) is 6.79. The van der Waals surface area contributed by atoms with Crippen LogP contribution in [0.5, 0.6) is 5.88 Å². The lowest BCUT2D eigenvalue weighted by Gasteiger charge is -2.02. The minimum absolute atomic E-state index is 0.591. The second kappa shape index (κ2) is 3.95. The van der Waals surface area contributed by atoms with Crippen molar-refractivity contribution in [3.05, 3.63) is 34.3 Å². The van der Waals surface area contributed by atoms with Gasteiger partial charge in [0.1, 0.15) is 3.70 Å². The molecular formula is C9H8IN3O. The monoisotopic (exact) mass is 301 g/mol. The number of ether oxygens (including phenoxy) is 1. The topological polar surface area (TPSA) is 39.9 Å². The average molecular weight is 301 g/mol. The number of hydrogen-bond acceptors (Lipinski definition) is 3. The SMILES string of the molecule is COc1cc(-n2ccc(I)n2)ccn1. The van der Waals surface area contributed by atoms with Crippen LogP contribution in [-0.4, -0.2) is 21.9 Å². The van der Waals surface area contributed by atoms with Crippen LogP contribution in [0, 0.1) is 3.70 Å². The second-order valence-electron chi connectivity index (χ2n) is 2.64. The van der Waals surface area contributed by atoms with Crippen LogP contribution in [0.25, 0.3) is 5.69 Å². The summed E-state index contributed by atoms with van der Waals surface area (Å²) in [7, 11) is 1.60. The lowest BCUT2D eigenvalue weighted by atomic mass is 10.4. The van der Waals surface area contributed by atoms with Crippen LogP contribution in [0.3, 0.4) is 0 Å². The molecule has 0 aromatic carbocycles. The van der Waals surface area contributed by atoms with Gasteiger partial charge in [-0.2, -0.15) is 5.10 Å². The fourth-order valence-corrected chi connectivity index (χ4v) is 1.49. The Hall–Kier alpha value is -1.11. The van der Waals surface area contributed by atoms with E-state index in [0.29, 0.717) is 5.88 Å². The zero-order valence-corrected chi connectivity index (χ0v) is 9.67. The number of pyridine rings is 1. The fraction of sp³-hybridized carbons (Fsp3) is 0.111. The Bertz CT molecular complexity index is 441. The summed E-state index contributed by atoms with van der Waals surface area (Å²) in [6.45, 7) is 0. The molecule has 2 rings (SSSR count). The van der Waals surface area contributed by atoms with Crippen LogP contribution in [0.15, 0.2) is 30.6 Å². The maximum absolute atomic E-state index is 5.03. The molecule has 14 heavy (non-hydrogen) atoms. The molecule has 0 radical (unpaired) electrons. The average Bonchev–Trinajstić information content (AvgIpc) is 2.65. The van der Waals surface area contributed by atoms with Crippen LogP contribution in [0.4, 0.5) is 0 Å². The molecule has 0 saturated heterocycles. The minimum atomic E-state index is 0.591. The zero-order chi connectivity index (χ0) is 9.97. The van der Waals surface area contributed by atoms with E-state index in [2.05, 4.69) is 32.7 Å². The Kier molecular flexibility index (Phi) is 2.67. The van der Waals surface area contributed by atoms with Crippen molar-refractivity contribution in [2.75, 3.05) is 7.11 Å². The van der Waals surface area contributed by atoms with Gasteiger partial charge in [0.2, 0.25) is 5.88 Å². The fourth-order valence-electron chi connectivity index (χ4n) is 1.10. The Morgan fingerprint density at radius 3 is 2.93 bits per heavy atom. The minimum Gasteiger partial charge on any atom is -0.481 e. The number of aromatic nitrogens is 3. The van der Waals surface area contributed by atoms with E-state index in [0.717, 1.165) is 9.39 Å². The first-order valence-electron chi connectivity index (χ1n) is 4.01. The van der Waals surface area contributed by atoms with Gasteiger partial charge >= 0.3 is 0 Å². The maximum Gasteiger partial charge on any atom is 0.215 e. The second-order valence-corrected chi connectivity index (χ2v) is 3.74. The van der Waals surface area contributed by atoms with E-state index in [1.807, 2.05) is 24.4 Å². The van der Waals surface area contributed by atoms with Crippen molar-refractivity contribution in [2.24, 2.45) is 0 Å². The van der Waals surface area contributed by atoms with E-state index < -0.39 is 0 Å². The molecule has 2 aromatic heterocycles. The molecule has 2 aromatic rings. The van der Waals surface area contributed by atoms with Gasteiger partial charge in [0, 0.05) is 18.5 Å². The molecule has 2 heterocycles. The molecule has 0 amide bonds. The standard InChI is InChI=1S/C9H8IN3O/c1-14-9-6-7(2-4-11-9)13-5-3-8(10)12-13/h2-6H,1H3. The Morgan fingerprint density at radius 1 is 1.43 bits per heavy atom. The molecule has 0 bridgehead atoms. The summed E-state index contributed by atoms with van der Waals surface area (Å²) >= 11 is 2.17.